The van der Waals surface area contributed by atoms with Gasteiger partial charge in [-0.25, -0.2) is 0 Å². The van der Waals surface area contributed by atoms with Crippen LogP contribution in [0.2, 0.25) is 0 Å². The number of ether oxygens (including phenoxy) is 1. The number of halogens is 1. The molecule has 2 unspecified atom stereocenters. The average Bonchev–Trinajstić information content (AvgIpc) is 2.56. The van der Waals surface area contributed by atoms with E-state index in [1.807, 2.05) is 13.8 Å². The van der Waals surface area contributed by atoms with Gasteiger partial charge >= 0.3 is 0 Å². The van der Waals surface area contributed by atoms with Crippen molar-refractivity contribution in [3.63, 3.8) is 0 Å². The van der Waals surface area contributed by atoms with Gasteiger partial charge in [-0.1, -0.05) is 26.3 Å². The molecular formula is C16H26ClN3O3. The van der Waals surface area contributed by atoms with Crippen LogP contribution >= 0.6 is 12.4 Å². The molecule has 1 rings (SSSR count). The van der Waals surface area contributed by atoms with E-state index in [4.69, 9.17) is 10.5 Å². The SMILES string of the molecule is CCC(C)C(N)C(=O)NCCNC(=O)c1cccc(OC)c1.Cl. The van der Waals surface area contributed by atoms with E-state index in [-0.39, 0.29) is 30.1 Å². The first kappa shape index (κ1) is 21.2. The highest BCUT2D eigenvalue weighted by Gasteiger charge is 2.18. The highest BCUT2D eigenvalue weighted by atomic mass is 35.5. The van der Waals surface area contributed by atoms with Gasteiger partial charge in [-0.3, -0.25) is 9.59 Å². The minimum absolute atomic E-state index is 0. The average molecular weight is 344 g/mol. The molecule has 130 valence electrons. The molecule has 0 heterocycles. The van der Waals surface area contributed by atoms with E-state index in [1.54, 1.807) is 31.4 Å². The highest BCUT2D eigenvalue weighted by Crippen LogP contribution is 2.12. The molecule has 2 atom stereocenters. The number of nitrogens with one attached hydrogen (secondary N) is 2. The minimum Gasteiger partial charge on any atom is -0.497 e. The lowest BCUT2D eigenvalue weighted by atomic mass is 9.99. The van der Waals surface area contributed by atoms with E-state index in [0.717, 1.165) is 6.42 Å². The molecule has 0 aliphatic heterocycles. The zero-order chi connectivity index (χ0) is 16.5. The number of rotatable bonds is 8. The number of carbonyl (C=O) groups excluding carboxylic acids is 2. The summed E-state index contributed by atoms with van der Waals surface area (Å²) < 4.78 is 5.07. The van der Waals surface area contributed by atoms with Crippen LogP contribution in [0.4, 0.5) is 0 Å². The van der Waals surface area contributed by atoms with Gasteiger partial charge in [0.2, 0.25) is 5.91 Å². The number of amides is 2. The zero-order valence-corrected chi connectivity index (χ0v) is 14.6. The minimum atomic E-state index is -0.515. The number of hydrogen-bond acceptors (Lipinski definition) is 4. The van der Waals surface area contributed by atoms with Crippen molar-refractivity contribution < 1.29 is 14.3 Å². The fraction of sp³-hybridized carbons (Fsp3) is 0.500. The maximum atomic E-state index is 11.9. The van der Waals surface area contributed by atoms with Gasteiger partial charge < -0.3 is 21.1 Å². The molecule has 0 aromatic heterocycles. The molecule has 6 nitrogen and oxygen atoms in total. The summed E-state index contributed by atoms with van der Waals surface area (Å²) in [6, 6.07) is 6.37. The second-order valence-corrected chi connectivity index (χ2v) is 5.19. The predicted molar refractivity (Wildman–Crippen MR) is 93.0 cm³/mol. The summed E-state index contributed by atoms with van der Waals surface area (Å²) >= 11 is 0. The summed E-state index contributed by atoms with van der Waals surface area (Å²) in [4.78, 5) is 23.7. The van der Waals surface area contributed by atoms with Gasteiger partial charge in [0.25, 0.3) is 5.91 Å². The molecule has 0 aliphatic rings. The summed E-state index contributed by atoms with van der Waals surface area (Å²) in [6.07, 6.45) is 0.848. The number of hydrogen-bond donors (Lipinski definition) is 3. The fourth-order valence-corrected chi connectivity index (χ4v) is 1.86. The van der Waals surface area contributed by atoms with Crippen molar-refractivity contribution >= 4 is 24.2 Å². The normalized spacial score (nSPS) is 12.5. The van der Waals surface area contributed by atoms with E-state index in [9.17, 15) is 9.59 Å². The quantitative estimate of drug-likeness (QED) is 0.621. The second-order valence-electron chi connectivity index (χ2n) is 5.19. The summed E-state index contributed by atoms with van der Waals surface area (Å²) in [5.74, 6) is 0.358. The Morgan fingerprint density at radius 3 is 2.52 bits per heavy atom. The number of nitrogens with two attached hydrogens (primary N) is 1. The molecular weight excluding hydrogens is 318 g/mol. The Bertz CT molecular complexity index is 511. The van der Waals surface area contributed by atoms with Gasteiger partial charge in [-0.05, 0) is 24.1 Å². The summed E-state index contributed by atoms with van der Waals surface area (Å²) in [7, 11) is 1.55. The molecule has 0 saturated heterocycles. The van der Waals surface area contributed by atoms with Gasteiger partial charge in [-0.15, -0.1) is 12.4 Å². The first-order valence-corrected chi connectivity index (χ1v) is 7.45. The van der Waals surface area contributed by atoms with Gasteiger partial charge in [0.1, 0.15) is 5.75 Å². The standard InChI is InChI=1S/C16H25N3O3.ClH/c1-4-11(2)14(17)16(21)19-9-8-18-15(20)12-6-5-7-13(10-12)22-3;/h5-7,10-11,14H,4,8-9,17H2,1-3H3,(H,18,20)(H,19,21);1H. The topological polar surface area (TPSA) is 93.5 Å². The smallest absolute Gasteiger partial charge is 0.251 e. The van der Waals surface area contributed by atoms with E-state index < -0.39 is 6.04 Å². The molecule has 7 heteroatoms. The van der Waals surface area contributed by atoms with Crippen LogP contribution in [0, 0.1) is 5.92 Å². The van der Waals surface area contributed by atoms with Crippen LogP contribution < -0.4 is 21.1 Å². The Morgan fingerprint density at radius 1 is 1.26 bits per heavy atom. The lowest BCUT2D eigenvalue weighted by molar-refractivity contribution is -0.123. The molecule has 1 aromatic carbocycles. The van der Waals surface area contributed by atoms with Crippen molar-refractivity contribution in [1.82, 2.24) is 10.6 Å². The van der Waals surface area contributed by atoms with Crippen molar-refractivity contribution in [2.75, 3.05) is 20.2 Å². The van der Waals surface area contributed by atoms with Crippen molar-refractivity contribution in [1.29, 1.82) is 0 Å². The van der Waals surface area contributed by atoms with Crippen LogP contribution in [-0.2, 0) is 4.79 Å². The third-order valence-corrected chi connectivity index (χ3v) is 3.60. The van der Waals surface area contributed by atoms with Gasteiger partial charge in [-0.2, -0.15) is 0 Å². The molecule has 0 fully saturated rings. The Labute approximate surface area is 143 Å². The van der Waals surface area contributed by atoms with Gasteiger partial charge in [0.05, 0.1) is 13.2 Å². The van der Waals surface area contributed by atoms with E-state index in [1.165, 1.54) is 0 Å². The van der Waals surface area contributed by atoms with Crippen LogP contribution in [0.1, 0.15) is 30.6 Å². The Kier molecular flexibility index (Phi) is 10.0. The lowest BCUT2D eigenvalue weighted by Gasteiger charge is -2.17. The van der Waals surface area contributed by atoms with Crippen LogP contribution in [0.3, 0.4) is 0 Å². The Morgan fingerprint density at radius 2 is 1.91 bits per heavy atom. The molecule has 0 saturated carbocycles. The van der Waals surface area contributed by atoms with Crippen molar-refractivity contribution in [3.8, 4) is 5.75 Å². The third-order valence-electron chi connectivity index (χ3n) is 3.60. The first-order chi connectivity index (χ1) is 10.5. The van der Waals surface area contributed by atoms with E-state index >= 15 is 0 Å². The number of benzene rings is 1. The monoisotopic (exact) mass is 343 g/mol. The Hall–Kier alpha value is -1.79. The first-order valence-electron chi connectivity index (χ1n) is 7.45. The molecule has 0 aliphatic carbocycles. The van der Waals surface area contributed by atoms with E-state index in [0.29, 0.717) is 24.4 Å². The number of carbonyl (C=O) groups is 2. The predicted octanol–water partition coefficient (Wildman–Crippen LogP) is 1.34. The van der Waals surface area contributed by atoms with Crippen LogP contribution in [-0.4, -0.2) is 38.1 Å². The van der Waals surface area contributed by atoms with Gasteiger partial charge in [0.15, 0.2) is 0 Å². The highest BCUT2D eigenvalue weighted by molar-refractivity contribution is 5.94. The van der Waals surface area contributed by atoms with Gasteiger partial charge in [0, 0.05) is 18.7 Å². The molecule has 0 spiro atoms. The maximum absolute atomic E-state index is 11.9. The largest absolute Gasteiger partial charge is 0.497 e. The van der Waals surface area contributed by atoms with Crippen LogP contribution in [0.15, 0.2) is 24.3 Å². The molecule has 0 radical (unpaired) electrons. The van der Waals surface area contributed by atoms with Crippen LogP contribution in [0.5, 0.6) is 5.75 Å². The molecule has 4 N–H and O–H groups in total. The zero-order valence-electron chi connectivity index (χ0n) is 13.8. The second kappa shape index (κ2) is 10.9. The maximum Gasteiger partial charge on any atom is 0.251 e. The molecule has 23 heavy (non-hydrogen) atoms. The van der Waals surface area contributed by atoms with Crippen LogP contribution in [0.25, 0.3) is 0 Å². The van der Waals surface area contributed by atoms with Crippen molar-refractivity contribution in [2.24, 2.45) is 11.7 Å². The lowest BCUT2D eigenvalue weighted by Crippen LogP contribution is -2.46. The summed E-state index contributed by atoms with van der Waals surface area (Å²) in [5, 5.41) is 5.46. The fourth-order valence-electron chi connectivity index (χ4n) is 1.86. The molecule has 0 bridgehead atoms. The van der Waals surface area contributed by atoms with E-state index in [2.05, 4.69) is 10.6 Å². The summed E-state index contributed by atoms with van der Waals surface area (Å²) in [5.41, 5.74) is 6.34. The van der Waals surface area contributed by atoms with Crippen molar-refractivity contribution in [3.05, 3.63) is 29.8 Å². The number of methoxy groups -OCH3 is 1. The summed E-state index contributed by atoms with van der Waals surface area (Å²) in [6.45, 7) is 4.62. The molecule has 2 amide bonds. The molecule has 1 aromatic rings. The van der Waals surface area contributed by atoms with Crippen molar-refractivity contribution in [2.45, 2.75) is 26.3 Å². The Balaban J connectivity index is 0.00000484. The third kappa shape index (κ3) is 6.88.